The molecule has 2 atom stereocenters. The van der Waals surface area contributed by atoms with E-state index in [-0.39, 0.29) is 12.1 Å². The van der Waals surface area contributed by atoms with E-state index in [2.05, 4.69) is 9.80 Å². The molecule has 0 aliphatic carbocycles. The summed E-state index contributed by atoms with van der Waals surface area (Å²) in [6.07, 6.45) is 0. The van der Waals surface area contributed by atoms with Crippen molar-refractivity contribution in [3.05, 3.63) is 0 Å². The van der Waals surface area contributed by atoms with Crippen molar-refractivity contribution >= 4 is 54.7 Å². The Labute approximate surface area is 175 Å². The minimum Gasteiger partial charge on any atom is -0.380 e. The molecule has 0 amide bonds. The van der Waals surface area contributed by atoms with Crippen LogP contribution in [-0.2, 0) is 18.9 Å². The maximum absolute atomic E-state index is 5.65. The molecule has 0 bridgehead atoms. The van der Waals surface area contributed by atoms with E-state index in [0.717, 1.165) is 21.7 Å². The molecule has 150 valence electrons. The van der Waals surface area contributed by atoms with Crippen molar-refractivity contribution in [1.82, 2.24) is 9.80 Å². The summed E-state index contributed by atoms with van der Waals surface area (Å²) in [5, 5.41) is 0. The first-order valence-corrected chi connectivity index (χ1v) is 11.9. The molecule has 2 fully saturated rings. The normalized spacial score (nSPS) is 23.9. The van der Waals surface area contributed by atoms with E-state index in [9.17, 15) is 0 Å². The number of hydrogen-bond donors (Lipinski definition) is 0. The Bertz CT molecular complexity index is 418. The van der Waals surface area contributed by atoms with Gasteiger partial charge in [-0.3, -0.25) is 0 Å². The first-order chi connectivity index (χ1) is 12.7. The predicted octanol–water partition coefficient (Wildman–Crippen LogP) is 2.41. The largest absolute Gasteiger partial charge is 0.380 e. The van der Waals surface area contributed by atoms with E-state index in [1.807, 2.05) is 13.8 Å². The minimum atomic E-state index is 0.173. The molecule has 0 aromatic heterocycles. The van der Waals surface area contributed by atoms with Gasteiger partial charge in [-0.2, -0.15) is 0 Å². The molecule has 0 radical (unpaired) electrons. The van der Waals surface area contributed by atoms with Gasteiger partial charge < -0.3 is 28.7 Å². The molecule has 0 aromatic carbocycles. The van der Waals surface area contributed by atoms with Crippen LogP contribution < -0.4 is 0 Å². The van der Waals surface area contributed by atoms with E-state index in [0.29, 0.717) is 52.9 Å². The zero-order chi connectivity index (χ0) is 18.8. The molecule has 0 saturated carbocycles. The molecule has 2 saturated heterocycles. The Morgan fingerprint density at radius 1 is 0.885 bits per heavy atom. The van der Waals surface area contributed by atoms with Gasteiger partial charge in [-0.15, -0.1) is 0 Å². The monoisotopic (exact) mass is 440 g/mol. The highest BCUT2D eigenvalue weighted by molar-refractivity contribution is 8.89. The molecule has 0 spiro atoms. The van der Waals surface area contributed by atoms with Crippen LogP contribution in [0.4, 0.5) is 0 Å². The molecule has 0 aromatic rings. The molecule has 10 heteroatoms. The van der Waals surface area contributed by atoms with Gasteiger partial charge in [0.05, 0.1) is 51.7 Å². The van der Waals surface area contributed by atoms with Gasteiger partial charge in [-0.05, 0) is 35.4 Å². The average molecular weight is 441 g/mol. The van der Waals surface area contributed by atoms with Crippen LogP contribution in [0.15, 0.2) is 0 Å². The van der Waals surface area contributed by atoms with Crippen LogP contribution in [-0.4, -0.2) is 96.5 Å². The van der Waals surface area contributed by atoms with Crippen molar-refractivity contribution in [3.8, 4) is 0 Å². The van der Waals surface area contributed by atoms with Gasteiger partial charge >= 0.3 is 0 Å². The van der Waals surface area contributed by atoms with Crippen molar-refractivity contribution in [1.29, 1.82) is 0 Å². The zero-order valence-corrected chi connectivity index (χ0v) is 18.7. The third kappa shape index (κ3) is 7.05. The molecule has 0 unspecified atom stereocenters. The second-order valence-electron chi connectivity index (χ2n) is 5.86. The summed E-state index contributed by atoms with van der Waals surface area (Å²) in [6, 6.07) is 0.346. The van der Waals surface area contributed by atoms with E-state index < -0.39 is 0 Å². The Hall–Kier alpha value is 0.320. The van der Waals surface area contributed by atoms with Crippen LogP contribution >= 0.6 is 46.0 Å². The van der Waals surface area contributed by atoms with E-state index >= 15 is 0 Å². The van der Waals surface area contributed by atoms with Crippen LogP contribution in [0.5, 0.6) is 0 Å². The average Bonchev–Trinajstić information content (AvgIpc) is 2.69. The predicted molar refractivity (Wildman–Crippen MR) is 116 cm³/mol. The standard InChI is InChI=1S/C16H28N2O4S4/c1-3-19-9-13-11-21-7-5-17(13)15(23)25-26-16(24)18-6-8-22-12-14(18)10-20-4-2/h13-14H,3-12H2,1-2H3/t13-,14-/m1/s1. The number of ether oxygens (including phenoxy) is 4. The van der Waals surface area contributed by atoms with Crippen LogP contribution in [0.3, 0.4) is 0 Å². The van der Waals surface area contributed by atoms with E-state index in [1.54, 1.807) is 21.6 Å². The van der Waals surface area contributed by atoms with E-state index in [4.69, 9.17) is 43.4 Å². The third-order valence-electron chi connectivity index (χ3n) is 4.14. The molecule has 0 N–H and O–H groups in total. The molecule has 2 heterocycles. The molecule has 2 aliphatic heterocycles. The van der Waals surface area contributed by atoms with Crippen molar-refractivity contribution < 1.29 is 18.9 Å². The van der Waals surface area contributed by atoms with E-state index in [1.165, 1.54) is 0 Å². The number of morpholine rings is 2. The number of hydrogen-bond acceptors (Lipinski definition) is 8. The lowest BCUT2D eigenvalue weighted by Gasteiger charge is -2.38. The molecular weight excluding hydrogens is 412 g/mol. The lowest BCUT2D eigenvalue weighted by Crippen LogP contribution is -2.50. The van der Waals surface area contributed by atoms with Gasteiger partial charge in [0.15, 0.2) is 0 Å². The fourth-order valence-electron chi connectivity index (χ4n) is 2.74. The summed E-state index contributed by atoms with van der Waals surface area (Å²) in [5.41, 5.74) is 0. The topological polar surface area (TPSA) is 43.4 Å². The summed E-state index contributed by atoms with van der Waals surface area (Å²) >= 11 is 11.3. The molecule has 2 rings (SSSR count). The summed E-state index contributed by atoms with van der Waals surface area (Å²) in [6.45, 7) is 10.9. The van der Waals surface area contributed by atoms with Gasteiger partial charge in [0.2, 0.25) is 0 Å². The van der Waals surface area contributed by atoms with Crippen molar-refractivity contribution in [3.63, 3.8) is 0 Å². The Morgan fingerprint density at radius 2 is 1.31 bits per heavy atom. The van der Waals surface area contributed by atoms with Gasteiger partial charge in [0.1, 0.15) is 8.64 Å². The maximum atomic E-state index is 5.65. The first kappa shape index (κ1) is 22.6. The third-order valence-corrected chi connectivity index (χ3v) is 7.77. The Morgan fingerprint density at radius 3 is 1.69 bits per heavy atom. The molecular formula is C16H28N2O4S4. The fourth-order valence-corrected chi connectivity index (χ4v) is 5.65. The SMILES string of the molecule is CCOC[C@@H]1COCCN1C(=S)SSC(=S)N1CCOC[C@H]1COCC. The summed E-state index contributed by atoms with van der Waals surface area (Å²) in [4.78, 5) is 4.40. The summed E-state index contributed by atoms with van der Waals surface area (Å²) in [5.74, 6) is 0. The smallest absolute Gasteiger partial charge is 0.147 e. The molecule has 26 heavy (non-hydrogen) atoms. The highest BCUT2D eigenvalue weighted by Crippen LogP contribution is 2.31. The van der Waals surface area contributed by atoms with Gasteiger partial charge in [0, 0.05) is 26.3 Å². The fraction of sp³-hybridized carbons (Fsp3) is 0.875. The highest BCUT2D eigenvalue weighted by atomic mass is 33.1. The minimum absolute atomic E-state index is 0.173. The lowest BCUT2D eigenvalue weighted by atomic mass is 10.2. The van der Waals surface area contributed by atoms with Crippen molar-refractivity contribution in [2.75, 3.05) is 65.9 Å². The van der Waals surface area contributed by atoms with Gasteiger partial charge in [-0.1, -0.05) is 24.4 Å². The first-order valence-electron chi connectivity index (χ1n) is 8.94. The second kappa shape index (κ2) is 12.7. The number of rotatable bonds is 6. The summed E-state index contributed by atoms with van der Waals surface area (Å²) < 4.78 is 23.9. The number of nitrogens with zero attached hydrogens (tertiary/aromatic N) is 2. The number of thiocarbonyl (C=S) groups is 2. The van der Waals surface area contributed by atoms with Crippen LogP contribution in [0.25, 0.3) is 0 Å². The zero-order valence-electron chi connectivity index (χ0n) is 15.4. The van der Waals surface area contributed by atoms with Crippen LogP contribution in [0.2, 0.25) is 0 Å². The molecule has 6 nitrogen and oxygen atoms in total. The lowest BCUT2D eigenvalue weighted by molar-refractivity contribution is -0.0103. The van der Waals surface area contributed by atoms with Crippen LogP contribution in [0, 0.1) is 0 Å². The Balaban J connectivity index is 1.83. The maximum Gasteiger partial charge on any atom is 0.147 e. The van der Waals surface area contributed by atoms with Crippen molar-refractivity contribution in [2.45, 2.75) is 25.9 Å². The van der Waals surface area contributed by atoms with Crippen LogP contribution in [0.1, 0.15) is 13.8 Å². The Kier molecular flexibility index (Phi) is 11.1. The summed E-state index contributed by atoms with van der Waals surface area (Å²) in [7, 11) is 3.09. The van der Waals surface area contributed by atoms with Crippen molar-refractivity contribution in [2.24, 2.45) is 0 Å². The van der Waals surface area contributed by atoms with Gasteiger partial charge in [0.25, 0.3) is 0 Å². The van der Waals surface area contributed by atoms with Gasteiger partial charge in [-0.25, -0.2) is 0 Å². The second-order valence-corrected chi connectivity index (χ2v) is 9.26. The molecule has 2 aliphatic rings. The highest BCUT2D eigenvalue weighted by Gasteiger charge is 2.28. The quantitative estimate of drug-likeness (QED) is 0.454.